The number of nitrogens with zero attached hydrogens (tertiary/aromatic N) is 4. The van der Waals surface area contributed by atoms with Crippen molar-refractivity contribution in [1.82, 2.24) is 14.9 Å². The number of alkyl halides is 1. The maximum absolute atomic E-state index is 5.73. The van der Waals surface area contributed by atoms with Crippen molar-refractivity contribution in [3.05, 3.63) is 18.0 Å². The Morgan fingerprint density at radius 3 is 2.11 bits per heavy atom. The molecule has 1 aromatic rings. The number of hydrogen-bond donors (Lipinski definition) is 0. The number of halogens is 1. The van der Waals surface area contributed by atoms with Crippen molar-refractivity contribution in [3.63, 3.8) is 0 Å². The van der Waals surface area contributed by atoms with Gasteiger partial charge >= 0.3 is 0 Å². The largest absolute Gasteiger partial charge is 0.338 e. The molecule has 18 heavy (non-hydrogen) atoms. The Balaban J connectivity index is 1.96. The van der Waals surface area contributed by atoms with E-state index < -0.39 is 0 Å². The van der Waals surface area contributed by atoms with Crippen LogP contribution in [0.5, 0.6) is 0 Å². The molecular weight excluding hydrogens is 248 g/mol. The maximum atomic E-state index is 5.73. The normalized spacial score (nSPS) is 18.1. The lowest BCUT2D eigenvalue weighted by atomic mass is 10.1. The van der Waals surface area contributed by atoms with E-state index in [0.29, 0.717) is 5.88 Å². The molecule has 0 aliphatic carbocycles. The minimum Gasteiger partial charge on any atom is -0.338 e. The van der Waals surface area contributed by atoms with Crippen LogP contribution in [0.4, 0.5) is 5.95 Å². The first-order valence-electron chi connectivity index (χ1n) is 6.37. The third-order valence-electron chi connectivity index (χ3n) is 3.36. The molecule has 1 aliphatic heterocycles. The molecule has 100 valence electrons. The van der Waals surface area contributed by atoms with Crippen LogP contribution < -0.4 is 4.90 Å². The zero-order valence-electron chi connectivity index (χ0n) is 11.4. The summed E-state index contributed by atoms with van der Waals surface area (Å²) in [5.74, 6) is 1.29. The lowest BCUT2D eigenvalue weighted by Crippen LogP contribution is -2.53. The Bertz CT molecular complexity index is 377. The van der Waals surface area contributed by atoms with Gasteiger partial charge < -0.3 is 4.90 Å². The molecule has 0 aromatic carbocycles. The standard InChI is InChI=1S/C13H21ClN4/c1-13(2,3)18-6-4-17(5-7-18)12-15-9-11(8-14)10-16-12/h9-10H,4-8H2,1-3H3. The van der Waals surface area contributed by atoms with E-state index in [-0.39, 0.29) is 5.54 Å². The second-order valence-electron chi connectivity index (χ2n) is 5.67. The van der Waals surface area contributed by atoms with Gasteiger partial charge in [-0.15, -0.1) is 11.6 Å². The van der Waals surface area contributed by atoms with E-state index in [9.17, 15) is 0 Å². The SMILES string of the molecule is CC(C)(C)N1CCN(c2ncc(CCl)cn2)CC1. The summed E-state index contributed by atoms with van der Waals surface area (Å²) >= 11 is 5.73. The van der Waals surface area contributed by atoms with Gasteiger partial charge in [-0.3, -0.25) is 4.90 Å². The predicted molar refractivity (Wildman–Crippen MR) is 75.1 cm³/mol. The molecule has 0 saturated carbocycles. The van der Waals surface area contributed by atoms with Crippen LogP contribution in [0.3, 0.4) is 0 Å². The third-order valence-corrected chi connectivity index (χ3v) is 3.67. The van der Waals surface area contributed by atoms with Crippen LogP contribution in [0.2, 0.25) is 0 Å². The molecule has 0 bridgehead atoms. The van der Waals surface area contributed by atoms with E-state index >= 15 is 0 Å². The highest BCUT2D eigenvalue weighted by molar-refractivity contribution is 6.17. The van der Waals surface area contributed by atoms with Gasteiger partial charge in [-0.05, 0) is 20.8 Å². The number of aromatic nitrogens is 2. The molecule has 2 rings (SSSR count). The molecule has 5 heteroatoms. The quantitative estimate of drug-likeness (QED) is 0.770. The van der Waals surface area contributed by atoms with Crippen molar-refractivity contribution in [2.24, 2.45) is 0 Å². The number of rotatable bonds is 2. The van der Waals surface area contributed by atoms with Gasteiger partial charge in [-0.1, -0.05) is 0 Å². The molecule has 0 radical (unpaired) electrons. The van der Waals surface area contributed by atoms with Crippen molar-refractivity contribution in [3.8, 4) is 0 Å². The first kappa shape index (κ1) is 13.6. The molecule has 0 spiro atoms. The molecule has 1 saturated heterocycles. The van der Waals surface area contributed by atoms with Crippen LogP contribution in [0.25, 0.3) is 0 Å². The minimum atomic E-state index is 0.245. The minimum absolute atomic E-state index is 0.245. The molecule has 0 unspecified atom stereocenters. The summed E-state index contributed by atoms with van der Waals surface area (Å²) in [6.45, 7) is 10.9. The van der Waals surface area contributed by atoms with Crippen molar-refractivity contribution in [2.45, 2.75) is 32.2 Å². The first-order chi connectivity index (χ1) is 8.50. The predicted octanol–water partition coefficient (Wildman–Crippen LogP) is 2.14. The molecule has 2 heterocycles. The highest BCUT2D eigenvalue weighted by Gasteiger charge is 2.26. The Kier molecular flexibility index (Phi) is 4.07. The van der Waals surface area contributed by atoms with Crippen molar-refractivity contribution in [2.75, 3.05) is 31.1 Å². The number of piperazine rings is 1. The zero-order valence-corrected chi connectivity index (χ0v) is 12.1. The average molecular weight is 269 g/mol. The van der Waals surface area contributed by atoms with Gasteiger partial charge in [-0.25, -0.2) is 9.97 Å². The summed E-state index contributed by atoms with van der Waals surface area (Å²) in [4.78, 5) is 13.5. The van der Waals surface area contributed by atoms with Gasteiger partial charge in [0.1, 0.15) is 0 Å². The monoisotopic (exact) mass is 268 g/mol. The second kappa shape index (κ2) is 5.41. The summed E-state index contributed by atoms with van der Waals surface area (Å²) < 4.78 is 0. The van der Waals surface area contributed by atoms with E-state index in [4.69, 9.17) is 11.6 Å². The Morgan fingerprint density at radius 2 is 1.67 bits per heavy atom. The summed E-state index contributed by atoms with van der Waals surface area (Å²) in [6, 6.07) is 0. The van der Waals surface area contributed by atoms with Gasteiger partial charge in [0.15, 0.2) is 0 Å². The maximum Gasteiger partial charge on any atom is 0.225 e. The fraction of sp³-hybridized carbons (Fsp3) is 0.692. The fourth-order valence-corrected chi connectivity index (χ4v) is 2.30. The number of anilines is 1. The Hall–Kier alpha value is -0.870. The lowest BCUT2D eigenvalue weighted by Gasteiger charge is -2.42. The smallest absolute Gasteiger partial charge is 0.225 e. The summed E-state index contributed by atoms with van der Waals surface area (Å²) in [5, 5.41) is 0. The molecule has 0 amide bonds. The van der Waals surface area contributed by atoms with E-state index in [1.807, 2.05) is 12.4 Å². The number of hydrogen-bond acceptors (Lipinski definition) is 4. The van der Waals surface area contributed by atoms with Crippen molar-refractivity contribution in [1.29, 1.82) is 0 Å². The summed E-state index contributed by atoms with van der Waals surface area (Å²) in [6.07, 6.45) is 3.62. The van der Waals surface area contributed by atoms with Gasteiger partial charge in [0.25, 0.3) is 0 Å². The van der Waals surface area contributed by atoms with Gasteiger partial charge in [0, 0.05) is 49.7 Å². The van der Waals surface area contributed by atoms with E-state index in [1.165, 1.54) is 0 Å². The highest BCUT2D eigenvalue weighted by atomic mass is 35.5. The van der Waals surface area contributed by atoms with Crippen LogP contribution >= 0.6 is 11.6 Å². The topological polar surface area (TPSA) is 32.3 Å². The molecule has 1 fully saturated rings. The van der Waals surface area contributed by atoms with Crippen LogP contribution in [-0.2, 0) is 5.88 Å². The molecule has 1 aromatic heterocycles. The van der Waals surface area contributed by atoms with E-state index in [0.717, 1.165) is 37.7 Å². The molecule has 4 nitrogen and oxygen atoms in total. The van der Waals surface area contributed by atoms with Crippen molar-refractivity contribution >= 4 is 17.5 Å². The van der Waals surface area contributed by atoms with E-state index in [2.05, 4.69) is 40.5 Å². The fourth-order valence-electron chi connectivity index (χ4n) is 2.16. The van der Waals surface area contributed by atoms with Crippen LogP contribution in [0.15, 0.2) is 12.4 Å². The van der Waals surface area contributed by atoms with E-state index in [1.54, 1.807) is 0 Å². The van der Waals surface area contributed by atoms with Gasteiger partial charge in [0.2, 0.25) is 5.95 Å². The third kappa shape index (κ3) is 3.12. The van der Waals surface area contributed by atoms with Crippen LogP contribution in [-0.4, -0.2) is 46.6 Å². The van der Waals surface area contributed by atoms with Crippen LogP contribution in [0, 0.1) is 0 Å². The highest BCUT2D eigenvalue weighted by Crippen LogP contribution is 2.18. The Morgan fingerprint density at radius 1 is 1.11 bits per heavy atom. The summed E-state index contributed by atoms with van der Waals surface area (Å²) in [7, 11) is 0. The second-order valence-corrected chi connectivity index (χ2v) is 5.94. The molecule has 1 aliphatic rings. The molecule has 0 N–H and O–H groups in total. The summed E-state index contributed by atoms with van der Waals surface area (Å²) in [5.41, 5.74) is 1.21. The molecule has 0 atom stereocenters. The van der Waals surface area contributed by atoms with Gasteiger partial charge in [-0.2, -0.15) is 0 Å². The van der Waals surface area contributed by atoms with Crippen molar-refractivity contribution < 1.29 is 0 Å². The van der Waals surface area contributed by atoms with Crippen LogP contribution in [0.1, 0.15) is 26.3 Å². The lowest BCUT2D eigenvalue weighted by molar-refractivity contribution is 0.128. The average Bonchev–Trinajstić information content (AvgIpc) is 2.38. The molecular formula is C13H21ClN4. The zero-order chi connectivity index (χ0) is 13.2. The first-order valence-corrected chi connectivity index (χ1v) is 6.91. The Labute approximate surface area is 114 Å². The van der Waals surface area contributed by atoms with Gasteiger partial charge in [0.05, 0.1) is 5.88 Å².